The van der Waals surface area contributed by atoms with E-state index in [0.29, 0.717) is 11.2 Å². The van der Waals surface area contributed by atoms with Gasteiger partial charge in [0.15, 0.2) is 0 Å². The second-order valence-electron chi connectivity index (χ2n) is 5.36. The maximum absolute atomic E-state index is 12.3. The molecule has 0 aliphatic heterocycles. The summed E-state index contributed by atoms with van der Waals surface area (Å²) in [6, 6.07) is 12.1. The molecule has 2 amide bonds. The van der Waals surface area contributed by atoms with Gasteiger partial charge in [0.25, 0.3) is 17.4 Å². The van der Waals surface area contributed by atoms with E-state index in [2.05, 4.69) is 15.8 Å². The Bertz CT molecular complexity index is 993. The minimum absolute atomic E-state index is 0.162. The number of carbonyl (C=O) groups excluding carboxylic acids is 2. The predicted molar refractivity (Wildman–Crippen MR) is 92.2 cm³/mol. The lowest BCUT2D eigenvalue weighted by Crippen LogP contribution is -2.43. The van der Waals surface area contributed by atoms with Crippen molar-refractivity contribution in [2.75, 3.05) is 0 Å². The number of hydrogen-bond acceptors (Lipinski definition) is 4. The fourth-order valence-corrected chi connectivity index (χ4v) is 2.33. The van der Waals surface area contributed by atoms with E-state index in [1.54, 1.807) is 30.3 Å². The number of carbonyl (C=O) groups is 2. The van der Waals surface area contributed by atoms with Crippen LogP contribution in [0.2, 0.25) is 0 Å². The fraction of sp³-hybridized carbons (Fsp3) is 0.111. The summed E-state index contributed by atoms with van der Waals surface area (Å²) < 4.78 is 1.26. The van der Waals surface area contributed by atoms with Crippen molar-refractivity contribution in [2.24, 2.45) is 0 Å². The van der Waals surface area contributed by atoms with Gasteiger partial charge in [-0.05, 0) is 36.2 Å². The average molecular weight is 336 g/mol. The Balaban J connectivity index is 1.73. The number of hydrazine groups is 1. The minimum Gasteiger partial charge on any atom is -0.268 e. The van der Waals surface area contributed by atoms with Crippen LogP contribution in [0.3, 0.4) is 0 Å². The molecular weight excluding hydrogens is 320 g/mol. The number of aryl methyl sites for hydroxylation is 1. The van der Waals surface area contributed by atoms with Crippen molar-refractivity contribution in [1.82, 2.24) is 20.2 Å². The first-order chi connectivity index (χ1) is 12.1. The zero-order valence-electron chi connectivity index (χ0n) is 13.5. The molecular formula is C18H16N4O3. The van der Waals surface area contributed by atoms with Gasteiger partial charge in [0.1, 0.15) is 11.2 Å². The van der Waals surface area contributed by atoms with Crippen molar-refractivity contribution in [3.8, 4) is 0 Å². The van der Waals surface area contributed by atoms with Crippen LogP contribution in [0.25, 0.3) is 5.65 Å². The highest BCUT2D eigenvalue weighted by molar-refractivity contribution is 5.98. The van der Waals surface area contributed by atoms with Gasteiger partial charge in [-0.1, -0.05) is 25.1 Å². The third kappa shape index (κ3) is 3.40. The maximum Gasteiger partial charge on any atom is 0.276 e. The maximum atomic E-state index is 12.3. The molecule has 0 saturated carbocycles. The van der Waals surface area contributed by atoms with E-state index < -0.39 is 17.4 Å². The van der Waals surface area contributed by atoms with Crippen LogP contribution in [0.4, 0.5) is 0 Å². The number of nitrogens with zero attached hydrogens (tertiary/aromatic N) is 2. The monoisotopic (exact) mass is 336 g/mol. The Labute approximate surface area is 143 Å². The third-order valence-electron chi connectivity index (χ3n) is 3.77. The highest BCUT2D eigenvalue weighted by Gasteiger charge is 2.14. The molecule has 25 heavy (non-hydrogen) atoms. The number of pyridine rings is 1. The lowest BCUT2D eigenvalue weighted by molar-refractivity contribution is 0.0845. The van der Waals surface area contributed by atoms with Crippen LogP contribution in [0, 0.1) is 0 Å². The zero-order valence-corrected chi connectivity index (χ0v) is 13.5. The van der Waals surface area contributed by atoms with E-state index in [1.807, 2.05) is 19.1 Å². The number of nitrogens with one attached hydrogen (secondary N) is 2. The van der Waals surface area contributed by atoms with Gasteiger partial charge in [-0.3, -0.25) is 29.6 Å². The van der Waals surface area contributed by atoms with Gasteiger partial charge in [0.2, 0.25) is 0 Å². The molecule has 0 bridgehead atoms. The van der Waals surface area contributed by atoms with Gasteiger partial charge in [0.05, 0.1) is 0 Å². The van der Waals surface area contributed by atoms with Crippen molar-refractivity contribution in [3.05, 3.63) is 81.9 Å². The minimum atomic E-state index is -0.728. The van der Waals surface area contributed by atoms with E-state index >= 15 is 0 Å². The molecule has 2 aromatic heterocycles. The molecule has 0 saturated heterocycles. The van der Waals surface area contributed by atoms with Crippen LogP contribution in [0.15, 0.2) is 59.7 Å². The molecule has 0 unspecified atom stereocenters. The molecule has 2 N–H and O–H groups in total. The zero-order chi connectivity index (χ0) is 17.8. The summed E-state index contributed by atoms with van der Waals surface area (Å²) in [6.07, 6.45) is 3.59. The second-order valence-corrected chi connectivity index (χ2v) is 5.36. The number of fused-ring (bicyclic) bond motifs is 1. The summed E-state index contributed by atoms with van der Waals surface area (Å²) in [7, 11) is 0. The van der Waals surface area contributed by atoms with Crippen molar-refractivity contribution >= 4 is 17.5 Å². The smallest absolute Gasteiger partial charge is 0.268 e. The number of amides is 2. The molecule has 126 valence electrons. The Morgan fingerprint density at radius 2 is 1.76 bits per heavy atom. The van der Waals surface area contributed by atoms with Gasteiger partial charge < -0.3 is 0 Å². The summed E-state index contributed by atoms with van der Waals surface area (Å²) in [5.74, 6) is -1.20. The summed E-state index contributed by atoms with van der Waals surface area (Å²) in [4.78, 5) is 40.6. The quantitative estimate of drug-likeness (QED) is 0.706. The number of rotatable bonds is 3. The largest absolute Gasteiger partial charge is 0.276 e. The highest BCUT2D eigenvalue weighted by atomic mass is 16.2. The Morgan fingerprint density at radius 1 is 1.04 bits per heavy atom. The van der Waals surface area contributed by atoms with Crippen molar-refractivity contribution in [3.63, 3.8) is 0 Å². The van der Waals surface area contributed by atoms with Crippen LogP contribution < -0.4 is 16.4 Å². The first-order valence-corrected chi connectivity index (χ1v) is 7.76. The van der Waals surface area contributed by atoms with Gasteiger partial charge in [-0.25, -0.2) is 4.98 Å². The van der Waals surface area contributed by atoms with Crippen molar-refractivity contribution < 1.29 is 9.59 Å². The molecule has 0 aliphatic carbocycles. The average Bonchev–Trinajstić information content (AvgIpc) is 2.66. The number of benzene rings is 1. The lowest BCUT2D eigenvalue weighted by Gasteiger charge is -2.08. The first-order valence-electron chi connectivity index (χ1n) is 7.76. The first kappa shape index (κ1) is 16.4. The molecule has 2 heterocycles. The van der Waals surface area contributed by atoms with E-state index in [1.165, 1.54) is 16.8 Å². The molecule has 1 aromatic carbocycles. The molecule has 0 radical (unpaired) electrons. The van der Waals surface area contributed by atoms with Crippen molar-refractivity contribution in [2.45, 2.75) is 13.3 Å². The van der Waals surface area contributed by atoms with Gasteiger partial charge in [-0.15, -0.1) is 0 Å². The van der Waals surface area contributed by atoms with Gasteiger partial charge in [0, 0.05) is 18.0 Å². The standard InChI is InChI=1S/C18H16N4O3/c1-2-12-6-8-13(9-7-12)16(23)20-21-17(24)14-11-19-15-5-3-4-10-22(15)18(14)25/h3-11H,2H2,1H3,(H,20,23)(H,21,24). The summed E-state index contributed by atoms with van der Waals surface area (Å²) in [5.41, 5.74) is 5.81. The van der Waals surface area contributed by atoms with E-state index in [9.17, 15) is 14.4 Å². The lowest BCUT2D eigenvalue weighted by atomic mass is 10.1. The molecule has 0 spiro atoms. The van der Waals surface area contributed by atoms with E-state index in [-0.39, 0.29) is 5.56 Å². The highest BCUT2D eigenvalue weighted by Crippen LogP contribution is 2.04. The summed E-state index contributed by atoms with van der Waals surface area (Å²) >= 11 is 0. The Kier molecular flexibility index (Phi) is 4.56. The topological polar surface area (TPSA) is 92.6 Å². The van der Waals surface area contributed by atoms with Crippen molar-refractivity contribution in [1.29, 1.82) is 0 Å². The summed E-state index contributed by atoms with van der Waals surface area (Å²) in [5, 5.41) is 0. The van der Waals surface area contributed by atoms with Crippen LogP contribution in [0.5, 0.6) is 0 Å². The third-order valence-corrected chi connectivity index (χ3v) is 3.77. The van der Waals surface area contributed by atoms with Gasteiger partial charge in [-0.2, -0.15) is 0 Å². The van der Waals surface area contributed by atoms with E-state index in [0.717, 1.165) is 12.0 Å². The molecule has 3 aromatic rings. The number of hydrogen-bond donors (Lipinski definition) is 2. The van der Waals surface area contributed by atoms with Gasteiger partial charge >= 0.3 is 0 Å². The summed E-state index contributed by atoms with van der Waals surface area (Å²) in [6.45, 7) is 2.02. The Hall–Kier alpha value is -3.48. The second kappa shape index (κ2) is 6.96. The van der Waals surface area contributed by atoms with Crippen LogP contribution in [0.1, 0.15) is 33.2 Å². The molecule has 0 fully saturated rings. The molecule has 0 atom stereocenters. The number of aromatic nitrogens is 2. The molecule has 7 nitrogen and oxygen atoms in total. The van der Waals surface area contributed by atoms with Crippen LogP contribution in [-0.4, -0.2) is 21.2 Å². The normalized spacial score (nSPS) is 10.4. The predicted octanol–water partition coefficient (Wildman–Crippen LogP) is 1.33. The Morgan fingerprint density at radius 3 is 2.48 bits per heavy atom. The fourth-order valence-electron chi connectivity index (χ4n) is 2.33. The molecule has 0 aliphatic rings. The molecule has 3 rings (SSSR count). The SMILES string of the molecule is CCc1ccc(C(=O)NNC(=O)c2cnc3ccccn3c2=O)cc1. The molecule has 7 heteroatoms. The van der Waals surface area contributed by atoms with Crippen LogP contribution >= 0.6 is 0 Å². The van der Waals surface area contributed by atoms with Crippen LogP contribution in [-0.2, 0) is 6.42 Å². The van der Waals surface area contributed by atoms with E-state index in [4.69, 9.17) is 0 Å².